The number of furan rings is 1. The Morgan fingerprint density at radius 2 is 2.00 bits per heavy atom. The first-order chi connectivity index (χ1) is 17.7. The van der Waals surface area contributed by atoms with Crippen LogP contribution in [0.3, 0.4) is 0 Å². The third-order valence-corrected chi connectivity index (χ3v) is 7.82. The fourth-order valence-corrected chi connectivity index (χ4v) is 5.78. The van der Waals surface area contributed by atoms with Gasteiger partial charge in [-0.05, 0) is 43.7 Å². The molecule has 1 amide bonds. The lowest BCUT2D eigenvalue weighted by atomic mass is 10.0. The summed E-state index contributed by atoms with van der Waals surface area (Å²) in [5, 5.41) is 3.13. The van der Waals surface area contributed by atoms with E-state index in [1.807, 2.05) is 6.92 Å². The Morgan fingerprint density at radius 1 is 1.24 bits per heavy atom. The molecule has 3 atom stereocenters. The highest BCUT2D eigenvalue weighted by atomic mass is 32.2. The molecule has 198 valence electrons. The predicted octanol–water partition coefficient (Wildman–Crippen LogP) is 3.63. The van der Waals surface area contributed by atoms with Crippen molar-refractivity contribution < 1.29 is 36.2 Å². The lowest BCUT2D eigenvalue weighted by Gasteiger charge is -2.25. The topological polar surface area (TPSA) is 107 Å². The van der Waals surface area contributed by atoms with E-state index >= 15 is 0 Å². The van der Waals surface area contributed by atoms with Crippen molar-refractivity contribution in [1.29, 1.82) is 0 Å². The van der Waals surface area contributed by atoms with Crippen LogP contribution in [0.25, 0.3) is 22.3 Å². The quantitative estimate of drug-likeness (QED) is 0.517. The summed E-state index contributed by atoms with van der Waals surface area (Å²) in [6.45, 7) is 3.26. The number of amides is 1. The molecule has 1 fully saturated rings. The molecule has 2 aromatic carbocycles. The summed E-state index contributed by atoms with van der Waals surface area (Å²) in [7, 11) is -2.19. The largest absolute Gasteiger partial charge is 0.455 e. The Morgan fingerprint density at radius 3 is 2.65 bits per heavy atom. The van der Waals surface area contributed by atoms with Crippen LogP contribution in [0.15, 0.2) is 40.8 Å². The maximum Gasteiger partial charge on any atom is 0.255 e. The summed E-state index contributed by atoms with van der Waals surface area (Å²) in [4.78, 5) is 12.9. The molecule has 0 saturated carbocycles. The first-order valence-corrected chi connectivity index (χ1v) is 13.9. The van der Waals surface area contributed by atoms with Crippen molar-refractivity contribution in [3.8, 4) is 11.3 Å². The molecule has 11 heteroatoms. The van der Waals surface area contributed by atoms with Crippen molar-refractivity contribution in [2.75, 3.05) is 44.0 Å². The lowest BCUT2D eigenvalue weighted by Crippen LogP contribution is -2.39. The summed E-state index contributed by atoms with van der Waals surface area (Å²) in [5.74, 6) is -0.536. The van der Waals surface area contributed by atoms with Crippen molar-refractivity contribution in [3.05, 3.63) is 53.3 Å². The molecule has 0 spiro atoms. The molecular weight excluding hydrogens is 503 g/mol. The first kappa shape index (κ1) is 25.7. The van der Waals surface area contributed by atoms with E-state index in [4.69, 9.17) is 18.6 Å². The maximum absolute atomic E-state index is 13.5. The van der Waals surface area contributed by atoms with E-state index in [9.17, 15) is 17.6 Å². The normalized spacial score (nSPS) is 22.2. The van der Waals surface area contributed by atoms with Crippen LogP contribution in [0, 0.1) is 5.82 Å². The number of carbonyl (C=O) groups is 1. The van der Waals surface area contributed by atoms with Gasteiger partial charge in [0.15, 0.2) is 0 Å². The van der Waals surface area contributed by atoms with Gasteiger partial charge in [-0.2, -0.15) is 0 Å². The second-order valence-corrected chi connectivity index (χ2v) is 11.2. The second kappa shape index (κ2) is 10.1. The smallest absolute Gasteiger partial charge is 0.255 e. The zero-order valence-corrected chi connectivity index (χ0v) is 21.6. The van der Waals surface area contributed by atoms with Gasteiger partial charge in [-0.15, -0.1) is 0 Å². The Balaban J connectivity index is 1.60. The number of benzene rings is 2. The van der Waals surface area contributed by atoms with Gasteiger partial charge in [0.2, 0.25) is 10.0 Å². The second-order valence-electron chi connectivity index (χ2n) is 9.31. The highest BCUT2D eigenvalue weighted by molar-refractivity contribution is 7.92. The van der Waals surface area contributed by atoms with Gasteiger partial charge in [-0.1, -0.05) is 0 Å². The predicted molar refractivity (Wildman–Crippen MR) is 136 cm³/mol. The first-order valence-electron chi connectivity index (χ1n) is 12.1. The molecule has 3 aromatic rings. The minimum Gasteiger partial charge on any atom is -0.455 e. The van der Waals surface area contributed by atoms with E-state index in [0.717, 1.165) is 12.7 Å². The van der Waals surface area contributed by atoms with Crippen molar-refractivity contribution in [3.63, 3.8) is 0 Å². The summed E-state index contributed by atoms with van der Waals surface area (Å²) >= 11 is 0. The van der Waals surface area contributed by atoms with Gasteiger partial charge < -0.3 is 23.9 Å². The van der Waals surface area contributed by atoms with Crippen molar-refractivity contribution in [2.45, 2.75) is 31.7 Å². The maximum atomic E-state index is 13.5. The van der Waals surface area contributed by atoms with Gasteiger partial charge in [-0.25, -0.2) is 12.8 Å². The van der Waals surface area contributed by atoms with Crippen molar-refractivity contribution in [1.82, 2.24) is 5.32 Å². The van der Waals surface area contributed by atoms with Gasteiger partial charge in [0.25, 0.3) is 5.91 Å². The number of sulfonamides is 1. The summed E-state index contributed by atoms with van der Waals surface area (Å²) < 4.78 is 64.3. The fraction of sp³-hybridized carbons (Fsp3) is 0.423. The molecule has 2 aliphatic rings. The standard InChI is InChI=1S/C26H29FN2O7S/c1-15-20-10-21-23(36-25(24(21)26(30)28-2)16-4-6-17(27)7-5-16)11-22(20)29(37(3,31)32)12-19(35-15)14-34-18-8-9-33-13-18/h4-7,10-11,15,18-19H,8-9,12-14H2,1-3H3,(H,28,30)/t15-,18-,19-/m0/s1. The van der Waals surface area contributed by atoms with Crippen LogP contribution in [0.2, 0.25) is 0 Å². The van der Waals surface area contributed by atoms with E-state index in [1.165, 1.54) is 35.6 Å². The van der Waals surface area contributed by atoms with Crippen LogP contribution in [0.1, 0.15) is 35.4 Å². The van der Waals surface area contributed by atoms with Crippen molar-refractivity contribution >= 4 is 32.6 Å². The number of anilines is 1. The van der Waals surface area contributed by atoms with E-state index in [0.29, 0.717) is 41.0 Å². The number of nitrogens with one attached hydrogen (secondary N) is 1. The van der Waals surface area contributed by atoms with E-state index in [1.54, 1.807) is 12.1 Å². The minimum atomic E-state index is -3.70. The van der Waals surface area contributed by atoms with Crippen molar-refractivity contribution in [2.24, 2.45) is 0 Å². The number of rotatable bonds is 6. The van der Waals surface area contributed by atoms with Gasteiger partial charge >= 0.3 is 0 Å². The van der Waals surface area contributed by atoms with Gasteiger partial charge in [0.05, 0.1) is 49.5 Å². The molecule has 37 heavy (non-hydrogen) atoms. The molecule has 1 aromatic heterocycles. The molecule has 5 rings (SSSR count). The Bertz CT molecular complexity index is 1410. The molecule has 0 radical (unpaired) electrons. The number of hydrogen-bond acceptors (Lipinski definition) is 7. The minimum absolute atomic E-state index is 0.0430. The molecule has 3 heterocycles. The van der Waals surface area contributed by atoms with Crippen LogP contribution in [-0.4, -0.2) is 66.2 Å². The van der Waals surface area contributed by atoms with Gasteiger partial charge in [0.1, 0.15) is 23.3 Å². The average Bonchev–Trinajstić information content (AvgIpc) is 3.48. The third-order valence-electron chi connectivity index (χ3n) is 6.68. The average molecular weight is 533 g/mol. The molecule has 0 aliphatic carbocycles. The number of halogens is 1. The zero-order valence-electron chi connectivity index (χ0n) is 20.8. The highest BCUT2D eigenvalue weighted by Crippen LogP contribution is 2.42. The number of hydrogen-bond donors (Lipinski definition) is 1. The molecule has 2 aliphatic heterocycles. The van der Waals surface area contributed by atoms with E-state index < -0.39 is 28.0 Å². The number of ether oxygens (including phenoxy) is 3. The Kier molecular flexibility index (Phi) is 6.97. The summed E-state index contributed by atoms with van der Waals surface area (Å²) in [5.41, 5.74) is 2.13. The van der Waals surface area contributed by atoms with Crippen LogP contribution < -0.4 is 9.62 Å². The Hall–Kier alpha value is -2.99. The molecule has 9 nitrogen and oxygen atoms in total. The van der Waals surface area contributed by atoms with Gasteiger partial charge in [-0.3, -0.25) is 9.10 Å². The Labute approximate surface area is 214 Å². The molecular formula is C26H29FN2O7S. The summed E-state index contributed by atoms with van der Waals surface area (Å²) in [6.07, 6.45) is 0.867. The highest BCUT2D eigenvalue weighted by Gasteiger charge is 2.34. The molecule has 0 unspecified atom stereocenters. The molecule has 1 saturated heterocycles. The van der Waals surface area contributed by atoms with Gasteiger partial charge in [0, 0.05) is 36.2 Å². The zero-order chi connectivity index (χ0) is 26.3. The van der Waals surface area contributed by atoms with E-state index in [-0.39, 0.29) is 36.5 Å². The molecule has 0 bridgehead atoms. The van der Waals surface area contributed by atoms with Crippen LogP contribution >= 0.6 is 0 Å². The summed E-state index contributed by atoms with van der Waals surface area (Å²) in [6, 6.07) is 8.98. The fourth-order valence-electron chi connectivity index (χ4n) is 4.83. The SMILES string of the molecule is CNC(=O)c1c(-c2ccc(F)cc2)oc2cc3c(cc12)[C@H](C)O[C@H](CO[C@H]1CCOC1)CN3S(C)(=O)=O. The molecule has 1 N–H and O–H groups in total. The van der Waals surface area contributed by atoms with Crippen LogP contribution in [0.4, 0.5) is 10.1 Å². The third kappa shape index (κ3) is 5.08. The number of fused-ring (bicyclic) bond motifs is 2. The van der Waals surface area contributed by atoms with E-state index in [2.05, 4.69) is 5.32 Å². The number of nitrogens with zero attached hydrogens (tertiary/aromatic N) is 1. The monoisotopic (exact) mass is 532 g/mol. The lowest BCUT2D eigenvalue weighted by molar-refractivity contribution is -0.0645. The number of carbonyl (C=O) groups excluding carboxylic acids is 1. The van der Waals surface area contributed by atoms with Crippen LogP contribution in [-0.2, 0) is 24.2 Å². The van der Waals surface area contributed by atoms with Crippen LogP contribution in [0.5, 0.6) is 0 Å².